The molecule has 3 N–H and O–H groups in total. The molecule has 1 rings (SSSR count). The second-order valence-corrected chi connectivity index (χ2v) is 14.9. The van der Waals surface area contributed by atoms with Gasteiger partial charge < -0.3 is 19.4 Å². The fourth-order valence-corrected chi connectivity index (χ4v) is 6.36. The van der Waals surface area contributed by atoms with E-state index < -0.39 is 12.9 Å². The number of aliphatic hydroxyl groups is 1. The first-order valence-corrected chi connectivity index (χ1v) is 16.9. The lowest BCUT2D eigenvalue weighted by molar-refractivity contribution is -0.875. The van der Waals surface area contributed by atoms with Crippen LogP contribution in [0.3, 0.4) is 0 Å². The van der Waals surface area contributed by atoms with E-state index in [-0.39, 0.29) is 13.0 Å². The second-order valence-electron chi connectivity index (χ2n) is 11.8. The molecule has 0 heterocycles. The van der Waals surface area contributed by atoms with E-state index >= 15 is 0 Å². The summed E-state index contributed by atoms with van der Waals surface area (Å²) in [6.07, 6.45) is 21.3. The first-order valence-electron chi connectivity index (χ1n) is 14.3. The Labute approximate surface area is 235 Å². The Bertz CT molecular complexity index is 732. The molecule has 0 amide bonds. The number of halogens is 1. The van der Waals surface area contributed by atoms with E-state index in [1.165, 1.54) is 99.0 Å². The maximum atomic E-state index is 11.8. The highest BCUT2D eigenvalue weighted by molar-refractivity contribution is 14.1. The second kappa shape index (κ2) is 18.3. The van der Waals surface area contributed by atoms with Gasteiger partial charge in [-0.05, 0) is 66.0 Å². The molecule has 0 radical (unpaired) electrons. The van der Waals surface area contributed by atoms with Gasteiger partial charge in [0.05, 0.1) is 21.1 Å². The van der Waals surface area contributed by atoms with E-state index in [1.54, 1.807) is 0 Å². The highest BCUT2D eigenvalue weighted by atomic mass is 127. The fraction of sp³-hybridized carbons (Fsp3) is 0.793. The summed E-state index contributed by atoms with van der Waals surface area (Å²) in [5, 5.41) is 8.67. The number of hydrogen-bond donors (Lipinski definition) is 3. The summed E-state index contributed by atoms with van der Waals surface area (Å²) in [5.41, 5.74) is 1.47. The Morgan fingerprint density at radius 1 is 0.694 bits per heavy atom. The number of aryl methyl sites for hydroxylation is 1. The first kappa shape index (κ1) is 34.0. The van der Waals surface area contributed by atoms with E-state index in [4.69, 9.17) is 0 Å². The number of unbranched alkanes of at least 4 members (excludes halogenated alkanes) is 15. The largest absolute Gasteiger partial charge is 0.373 e. The smallest absolute Gasteiger partial charge is 0.362 e. The van der Waals surface area contributed by atoms with Crippen LogP contribution in [0.25, 0.3) is 0 Å². The van der Waals surface area contributed by atoms with E-state index in [0.29, 0.717) is 10.9 Å². The molecule has 0 spiro atoms. The van der Waals surface area contributed by atoms with Crippen LogP contribution in [0.1, 0.15) is 115 Å². The van der Waals surface area contributed by atoms with Gasteiger partial charge in [0.1, 0.15) is 6.54 Å². The number of nitrogens with zero attached hydrogens (tertiary/aromatic N) is 1. The quantitative estimate of drug-likeness (QED) is 0.0520. The van der Waals surface area contributed by atoms with Gasteiger partial charge in [-0.25, -0.2) is 0 Å². The molecule has 1 atom stereocenters. The topological polar surface area (TPSA) is 77.8 Å². The van der Waals surface area contributed by atoms with Crippen molar-refractivity contribution in [2.24, 2.45) is 0 Å². The van der Waals surface area contributed by atoms with E-state index in [0.717, 1.165) is 12.8 Å². The molecule has 36 heavy (non-hydrogen) atoms. The summed E-state index contributed by atoms with van der Waals surface area (Å²) in [6, 6.07) is 8.92. The predicted molar refractivity (Wildman–Crippen MR) is 161 cm³/mol. The van der Waals surface area contributed by atoms with Crippen LogP contribution in [-0.2, 0) is 11.0 Å². The van der Waals surface area contributed by atoms with Gasteiger partial charge in [-0.2, -0.15) is 0 Å². The molecule has 1 unspecified atom stereocenters. The van der Waals surface area contributed by atoms with E-state index in [9.17, 15) is 19.5 Å². The number of hydrogen-bond acceptors (Lipinski definition) is 2. The highest BCUT2D eigenvalue weighted by Crippen LogP contribution is 2.52. The van der Waals surface area contributed by atoms with Gasteiger partial charge >= 0.3 is 7.60 Å². The van der Waals surface area contributed by atoms with Crippen molar-refractivity contribution in [1.29, 1.82) is 0 Å². The molecule has 1 aromatic rings. The lowest BCUT2D eigenvalue weighted by atomic mass is 10.0. The van der Waals surface area contributed by atoms with Crippen molar-refractivity contribution in [3.05, 3.63) is 33.4 Å². The minimum Gasteiger partial charge on any atom is -0.373 e. The lowest BCUT2D eigenvalue weighted by Crippen LogP contribution is -2.49. The Morgan fingerprint density at radius 2 is 1.06 bits per heavy atom. The van der Waals surface area contributed by atoms with Crippen LogP contribution in [-0.4, -0.2) is 52.4 Å². The summed E-state index contributed by atoms with van der Waals surface area (Å²) in [6.45, 7) is 0.0611. The molecule has 0 bridgehead atoms. The number of quaternary nitrogens is 1. The molecule has 210 valence electrons. The zero-order chi connectivity index (χ0) is 26.9. The van der Waals surface area contributed by atoms with Gasteiger partial charge in [0, 0.05) is 3.57 Å². The molecular weight excluding hydrogens is 584 g/mol. The van der Waals surface area contributed by atoms with E-state index in [1.807, 2.05) is 21.1 Å². The van der Waals surface area contributed by atoms with Gasteiger partial charge in [0.25, 0.3) is 0 Å². The predicted octanol–water partition coefficient (Wildman–Crippen LogP) is 8.04. The van der Waals surface area contributed by atoms with Crippen molar-refractivity contribution in [1.82, 2.24) is 0 Å². The van der Waals surface area contributed by atoms with Crippen molar-refractivity contribution in [2.75, 3.05) is 27.7 Å². The SMILES string of the molecule is C[N+](C)(C)CC(O)(CCCCCCCCCCCCCCCCCCc1ccc(I)cc1)P(=O)(O)O. The van der Waals surface area contributed by atoms with Gasteiger partial charge in [-0.3, -0.25) is 4.57 Å². The van der Waals surface area contributed by atoms with Crippen LogP contribution >= 0.6 is 30.2 Å². The van der Waals surface area contributed by atoms with Gasteiger partial charge in [-0.1, -0.05) is 102 Å². The maximum Gasteiger partial charge on any atom is 0.362 e. The van der Waals surface area contributed by atoms with Crippen molar-refractivity contribution in [3.8, 4) is 0 Å². The van der Waals surface area contributed by atoms with Crippen molar-refractivity contribution in [3.63, 3.8) is 0 Å². The summed E-state index contributed by atoms with van der Waals surface area (Å²) >= 11 is 2.36. The summed E-state index contributed by atoms with van der Waals surface area (Å²) in [4.78, 5) is 19.3. The molecule has 0 aliphatic rings. The first-order chi connectivity index (χ1) is 16.9. The normalized spacial score (nSPS) is 14.2. The molecule has 0 saturated carbocycles. The minimum atomic E-state index is -4.55. The Hall–Kier alpha value is 0.0200. The third kappa shape index (κ3) is 16.8. The van der Waals surface area contributed by atoms with Crippen LogP contribution in [0.4, 0.5) is 0 Å². The molecule has 7 heteroatoms. The molecule has 5 nitrogen and oxygen atoms in total. The van der Waals surface area contributed by atoms with E-state index in [2.05, 4.69) is 46.9 Å². The Morgan fingerprint density at radius 3 is 1.42 bits per heavy atom. The highest BCUT2D eigenvalue weighted by Gasteiger charge is 2.48. The third-order valence-electron chi connectivity index (χ3n) is 6.98. The summed E-state index contributed by atoms with van der Waals surface area (Å²) in [5.74, 6) is 0. The molecule has 0 fully saturated rings. The van der Waals surface area contributed by atoms with Crippen LogP contribution < -0.4 is 0 Å². The number of rotatable bonds is 22. The lowest BCUT2D eigenvalue weighted by Gasteiger charge is -2.35. The third-order valence-corrected chi connectivity index (χ3v) is 9.14. The maximum absolute atomic E-state index is 11.8. The fourth-order valence-electron chi connectivity index (χ4n) is 4.94. The Kier molecular flexibility index (Phi) is 17.3. The standard InChI is InChI=1S/C29H53INO4P/c1-31(2,3)26-29(32,36(33,34)35)25-19-17-15-13-11-9-7-5-4-6-8-10-12-14-16-18-20-27-21-23-28(30)24-22-27/h21-24,32H,4-20,25-26H2,1-3H3,(H-,33,34,35)/p+1. The molecule has 0 aromatic heterocycles. The average Bonchev–Trinajstić information content (AvgIpc) is 2.77. The summed E-state index contributed by atoms with van der Waals surface area (Å²) < 4.78 is 13.5. The summed E-state index contributed by atoms with van der Waals surface area (Å²) in [7, 11) is 0.983. The van der Waals surface area contributed by atoms with Gasteiger partial charge in [0.2, 0.25) is 5.34 Å². The minimum absolute atomic E-state index is 0.0611. The van der Waals surface area contributed by atoms with Crippen LogP contribution in [0.15, 0.2) is 24.3 Å². The molecule has 0 aliphatic heterocycles. The van der Waals surface area contributed by atoms with Crippen molar-refractivity contribution in [2.45, 2.75) is 121 Å². The van der Waals surface area contributed by atoms with Gasteiger partial charge in [-0.15, -0.1) is 0 Å². The molecular formula is C29H54INO4P+. The van der Waals surface area contributed by atoms with Crippen LogP contribution in [0.2, 0.25) is 0 Å². The van der Waals surface area contributed by atoms with Crippen LogP contribution in [0, 0.1) is 3.57 Å². The molecule has 0 saturated heterocycles. The molecule has 0 aliphatic carbocycles. The number of likely N-dealkylation sites (N-methyl/N-ethyl adjacent to an activating group) is 1. The number of benzene rings is 1. The van der Waals surface area contributed by atoms with Gasteiger partial charge in [0.15, 0.2) is 0 Å². The average molecular weight is 639 g/mol. The zero-order valence-corrected chi connectivity index (χ0v) is 26.3. The zero-order valence-electron chi connectivity index (χ0n) is 23.3. The monoisotopic (exact) mass is 638 g/mol. The van der Waals surface area contributed by atoms with Crippen molar-refractivity contribution < 1.29 is 23.9 Å². The molecule has 1 aromatic carbocycles. The Balaban J connectivity index is 1.88. The van der Waals surface area contributed by atoms with Crippen LogP contribution in [0.5, 0.6) is 0 Å². The van der Waals surface area contributed by atoms with Crippen molar-refractivity contribution >= 4 is 30.2 Å².